The van der Waals surface area contributed by atoms with Crippen LogP contribution in [0.2, 0.25) is 0 Å². The van der Waals surface area contributed by atoms with Gasteiger partial charge in [0.25, 0.3) is 10.0 Å². The Balaban J connectivity index is 1.37. The number of anilines is 3. The van der Waals surface area contributed by atoms with Gasteiger partial charge in [-0.1, -0.05) is 13.8 Å². The SMILES string of the molecule is CC(C)c1c(Nc2ccnc(-c3cnn(S(=O)(=O)C4CC4)c3)n2)ncc(-c2cnc(OCCN(C)C)cn2)c1N. The lowest BCUT2D eigenvalue weighted by Gasteiger charge is -2.18. The first-order chi connectivity index (χ1) is 19.1. The van der Waals surface area contributed by atoms with Gasteiger partial charge in [0.1, 0.15) is 18.2 Å². The Bertz CT molecular complexity index is 1600. The number of aromatic nitrogens is 7. The van der Waals surface area contributed by atoms with Gasteiger partial charge < -0.3 is 20.7 Å². The summed E-state index contributed by atoms with van der Waals surface area (Å²) < 4.78 is 31.6. The zero-order chi connectivity index (χ0) is 28.4. The molecule has 3 N–H and O–H groups in total. The standard InChI is InChI=1S/C26H32N10O3S/c1-16(2)23-24(27)19(20-13-30-22(14-29-20)39-10-9-35(3)4)12-31-26(23)34-21-7-8-28-25(33-21)17-11-32-36(15-17)40(37,38)18-5-6-18/h7-8,11-16,18H,5-6,9-10H2,1-4H3,(H3,27,28,31,33,34). The number of ether oxygens (including phenoxy) is 1. The van der Waals surface area contributed by atoms with E-state index < -0.39 is 10.0 Å². The van der Waals surface area contributed by atoms with E-state index in [2.05, 4.69) is 35.3 Å². The Morgan fingerprint density at radius 2 is 1.93 bits per heavy atom. The largest absolute Gasteiger partial charge is 0.475 e. The van der Waals surface area contributed by atoms with Gasteiger partial charge >= 0.3 is 0 Å². The summed E-state index contributed by atoms with van der Waals surface area (Å²) in [6.45, 7) is 5.33. The lowest BCUT2D eigenvalue weighted by atomic mass is 9.98. The summed E-state index contributed by atoms with van der Waals surface area (Å²) in [6.07, 6.45) is 10.6. The van der Waals surface area contributed by atoms with Crippen LogP contribution >= 0.6 is 0 Å². The molecule has 0 bridgehead atoms. The number of likely N-dealkylation sites (N-methyl/N-ethyl adjacent to an activating group) is 1. The first-order valence-electron chi connectivity index (χ1n) is 12.9. The second-order valence-corrected chi connectivity index (χ2v) is 12.2. The van der Waals surface area contributed by atoms with E-state index in [1.807, 2.05) is 32.8 Å². The van der Waals surface area contributed by atoms with Crippen molar-refractivity contribution in [3.63, 3.8) is 0 Å². The van der Waals surface area contributed by atoms with Crippen LogP contribution in [-0.4, -0.2) is 79.9 Å². The summed E-state index contributed by atoms with van der Waals surface area (Å²) in [5.41, 5.74) is 9.70. The fourth-order valence-corrected chi connectivity index (χ4v) is 5.53. The molecule has 40 heavy (non-hydrogen) atoms. The number of nitrogens with one attached hydrogen (secondary N) is 1. The number of nitrogens with two attached hydrogens (primary N) is 1. The van der Waals surface area contributed by atoms with Gasteiger partial charge in [0, 0.05) is 35.8 Å². The Kier molecular flexibility index (Phi) is 7.63. The number of pyridine rings is 1. The molecule has 5 rings (SSSR count). The van der Waals surface area contributed by atoms with E-state index >= 15 is 0 Å². The van der Waals surface area contributed by atoms with Crippen molar-refractivity contribution in [1.82, 2.24) is 39.0 Å². The Morgan fingerprint density at radius 1 is 1.12 bits per heavy atom. The molecule has 0 amide bonds. The maximum Gasteiger partial charge on any atom is 0.256 e. The molecule has 210 valence electrons. The molecule has 0 atom stereocenters. The second kappa shape index (κ2) is 11.1. The zero-order valence-electron chi connectivity index (χ0n) is 22.8. The van der Waals surface area contributed by atoms with Gasteiger partial charge in [-0.3, -0.25) is 0 Å². The van der Waals surface area contributed by atoms with Gasteiger partial charge in [-0.25, -0.2) is 33.3 Å². The number of hydrogen-bond acceptors (Lipinski definition) is 12. The van der Waals surface area contributed by atoms with Crippen molar-refractivity contribution in [1.29, 1.82) is 0 Å². The molecule has 1 aliphatic rings. The molecular weight excluding hydrogens is 532 g/mol. The van der Waals surface area contributed by atoms with Crippen LogP contribution in [-0.2, 0) is 10.0 Å². The van der Waals surface area contributed by atoms with E-state index in [9.17, 15) is 8.42 Å². The van der Waals surface area contributed by atoms with Crippen molar-refractivity contribution in [3.8, 4) is 28.5 Å². The molecule has 0 unspecified atom stereocenters. The normalized spacial score (nSPS) is 13.7. The van der Waals surface area contributed by atoms with Crippen LogP contribution in [0.5, 0.6) is 5.88 Å². The topological polar surface area (TPSA) is 167 Å². The molecule has 0 radical (unpaired) electrons. The summed E-state index contributed by atoms with van der Waals surface area (Å²) in [5, 5.41) is 6.91. The summed E-state index contributed by atoms with van der Waals surface area (Å²) in [5.74, 6) is 1.83. The van der Waals surface area contributed by atoms with Crippen LogP contribution in [0.4, 0.5) is 17.3 Å². The van der Waals surface area contributed by atoms with Gasteiger partial charge in [0.2, 0.25) is 5.88 Å². The first-order valence-corrected chi connectivity index (χ1v) is 14.4. The van der Waals surface area contributed by atoms with Crippen LogP contribution in [0.3, 0.4) is 0 Å². The second-order valence-electron chi connectivity index (χ2n) is 10.1. The summed E-state index contributed by atoms with van der Waals surface area (Å²) in [7, 11) is 0.472. The molecule has 1 saturated carbocycles. The van der Waals surface area contributed by atoms with E-state index in [1.165, 1.54) is 12.4 Å². The highest BCUT2D eigenvalue weighted by Gasteiger charge is 2.37. The van der Waals surface area contributed by atoms with Crippen LogP contribution in [0, 0.1) is 0 Å². The quantitative estimate of drug-likeness (QED) is 0.274. The van der Waals surface area contributed by atoms with E-state index in [1.54, 1.807) is 30.9 Å². The molecule has 1 fully saturated rings. The zero-order valence-corrected chi connectivity index (χ0v) is 23.6. The van der Waals surface area contributed by atoms with Crippen LogP contribution < -0.4 is 15.8 Å². The average molecular weight is 565 g/mol. The van der Waals surface area contributed by atoms with Crippen molar-refractivity contribution >= 4 is 27.3 Å². The Labute approximate surface area is 232 Å². The highest BCUT2D eigenvalue weighted by atomic mass is 32.2. The van der Waals surface area contributed by atoms with Crippen molar-refractivity contribution in [2.45, 2.75) is 37.9 Å². The maximum absolute atomic E-state index is 12.5. The molecule has 0 spiro atoms. The minimum absolute atomic E-state index is 0.0312. The number of rotatable bonds is 11. The maximum atomic E-state index is 12.5. The predicted molar refractivity (Wildman–Crippen MR) is 152 cm³/mol. The fourth-order valence-electron chi connectivity index (χ4n) is 4.06. The minimum atomic E-state index is -3.48. The van der Waals surface area contributed by atoms with Crippen molar-refractivity contribution < 1.29 is 13.2 Å². The van der Waals surface area contributed by atoms with Crippen LogP contribution in [0.25, 0.3) is 22.6 Å². The molecular formula is C26H32N10O3S. The lowest BCUT2D eigenvalue weighted by Crippen LogP contribution is -2.19. The van der Waals surface area contributed by atoms with Gasteiger partial charge in [0.15, 0.2) is 5.82 Å². The number of nitrogen functional groups attached to an aromatic ring is 1. The molecule has 0 aliphatic heterocycles. The third kappa shape index (κ3) is 5.87. The van der Waals surface area contributed by atoms with Crippen LogP contribution in [0.1, 0.15) is 38.2 Å². The van der Waals surface area contributed by atoms with Gasteiger partial charge in [0.05, 0.1) is 41.3 Å². The number of nitrogens with zero attached hydrogens (tertiary/aromatic N) is 8. The van der Waals surface area contributed by atoms with Gasteiger partial charge in [-0.2, -0.15) is 9.19 Å². The summed E-state index contributed by atoms with van der Waals surface area (Å²) in [4.78, 5) is 24.4. The minimum Gasteiger partial charge on any atom is -0.475 e. The molecule has 4 heterocycles. The predicted octanol–water partition coefficient (Wildman–Crippen LogP) is 2.92. The molecule has 0 aromatic carbocycles. The molecule has 1 aliphatic carbocycles. The fraction of sp³-hybridized carbons (Fsp3) is 0.385. The highest BCUT2D eigenvalue weighted by molar-refractivity contribution is 7.90. The van der Waals surface area contributed by atoms with Crippen LogP contribution in [0.15, 0.2) is 43.2 Å². The number of hydrogen-bond donors (Lipinski definition) is 2. The molecule has 4 aromatic rings. The van der Waals surface area contributed by atoms with E-state index in [0.717, 1.165) is 16.2 Å². The smallest absolute Gasteiger partial charge is 0.256 e. The Hall–Kier alpha value is -4.17. The highest BCUT2D eigenvalue weighted by Crippen LogP contribution is 2.36. The molecule has 0 saturated heterocycles. The lowest BCUT2D eigenvalue weighted by molar-refractivity contribution is 0.253. The van der Waals surface area contributed by atoms with E-state index in [-0.39, 0.29) is 11.2 Å². The molecule has 4 aromatic heterocycles. The van der Waals surface area contributed by atoms with Crippen molar-refractivity contribution in [2.24, 2.45) is 0 Å². The summed E-state index contributed by atoms with van der Waals surface area (Å²) >= 11 is 0. The van der Waals surface area contributed by atoms with Gasteiger partial charge in [-0.05, 0) is 38.9 Å². The summed E-state index contributed by atoms with van der Waals surface area (Å²) in [6, 6.07) is 1.70. The Morgan fingerprint density at radius 3 is 2.60 bits per heavy atom. The third-order valence-corrected chi connectivity index (χ3v) is 8.39. The third-order valence-electron chi connectivity index (χ3n) is 6.35. The average Bonchev–Trinajstić information content (AvgIpc) is 3.66. The molecule has 13 nitrogen and oxygen atoms in total. The van der Waals surface area contributed by atoms with Crippen molar-refractivity contribution in [2.75, 3.05) is 38.3 Å². The first kappa shape index (κ1) is 27.4. The molecule has 14 heteroatoms. The van der Waals surface area contributed by atoms with Crippen molar-refractivity contribution in [3.05, 3.63) is 48.8 Å². The van der Waals surface area contributed by atoms with Gasteiger partial charge in [-0.15, -0.1) is 0 Å². The van der Waals surface area contributed by atoms with E-state index in [0.29, 0.717) is 65.3 Å². The monoisotopic (exact) mass is 564 g/mol. The van der Waals surface area contributed by atoms with E-state index in [4.69, 9.17) is 10.5 Å².